The number of rotatable bonds is 5. The zero-order chi connectivity index (χ0) is 17.5. The van der Waals surface area contributed by atoms with Crippen LogP contribution in [-0.4, -0.2) is 42.4 Å². The normalized spacial score (nSPS) is 15.5. The van der Waals surface area contributed by atoms with Crippen LogP contribution in [0.5, 0.6) is 0 Å². The molecule has 1 aromatic carbocycles. The Hall–Kier alpha value is -2.15. The van der Waals surface area contributed by atoms with E-state index >= 15 is 0 Å². The first-order chi connectivity index (χ1) is 11.5. The highest BCUT2D eigenvalue weighted by Crippen LogP contribution is 2.16. The highest BCUT2D eigenvalue weighted by molar-refractivity contribution is 9.10. The quantitative estimate of drug-likeness (QED) is 0.608. The topological polar surface area (TPSA) is 89.7 Å². The summed E-state index contributed by atoms with van der Waals surface area (Å²) in [6, 6.07) is 7.45. The predicted molar refractivity (Wildman–Crippen MR) is 92.6 cm³/mol. The van der Waals surface area contributed by atoms with E-state index in [9.17, 15) is 14.4 Å². The SMILES string of the molecule is NC(=O)C1CCN(C(=O)COC(=O)/C=C/c2cccc(Br)c2)CC1. The van der Waals surface area contributed by atoms with Gasteiger partial charge in [-0.2, -0.15) is 0 Å². The van der Waals surface area contributed by atoms with E-state index < -0.39 is 5.97 Å². The van der Waals surface area contributed by atoms with Crippen LogP contribution in [0.25, 0.3) is 6.08 Å². The number of hydrogen-bond acceptors (Lipinski definition) is 4. The van der Waals surface area contributed by atoms with Gasteiger partial charge < -0.3 is 15.4 Å². The van der Waals surface area contributed by atoms with Crippen molar-refractivity contribution in [1.29, 1.82) is 0 Å². The monoisotopic (exact) mass is 394 g/mol. The molecule has 0 unspecified atom stereocenters. The van der Waals surface area contributed by atoms with E-state index in [4.69, 9.17) is 10.5 Å². The molecule has 2 amide bonds. The summed E-state index contributed by atoms with van der Waals surface area (Å²) in [6.07, 6.45) is 4.01. The minimum atomic E-state index is -0.574. The Morgan fingerprint density at radius 2 is 2.00 bits per heavy atom. The average Bonchev–Trinajstić information content (AvgIpc) is 2.58. The minimum absolute atomic E-state index is 0.176. The molecular formula is C17H19BrN2O4. The highest BCUT2D eigenvalue weighted by atomic mass is 79.9. The van der Waals surface area contributed by atoms with Gasteiger partial charge in [0.2, 0.25) is 5.91 Å². The molecule has 6 nitrogen and oxygen atoms in total. The van der Waals surface area contributed by atoms with Crippen LogP contribution in [0.4, 0.5) is 0 Å². The molecule has 128 valence electrons. The lowest BCUT2D eigenvalue weighted by Crippen LogP contribution is -2.43. The van der Waals surface area contributed by atoms with E-state index in [1.54, 1.807) is 11.0 Å². The van der Waals surface area contributed by atoms with Gasteiger partial charge in [0, 0.05) is 29.6 Å². The van der Waals surface area contributed by atoms with E-state index in [2.05, 4.69) is 15.9 Å². The molecule has 2 N–H and O–H groups in total. The molecule has 2 rings (SSSR count). The number of benzene rings is 1. The van der Waals surface area contributed by atoms with Gasteiger partial charge in [-0.1, -0.05) is 28.1 Å². The maximum Gasteiger partial charge on any atom is 0.331 e. The van der Waals surface area contributed by atoms with Crippen molar-refractivity contribution in [3.8, 4) is 0 Å². The second-order valence-corrected chi connectivity index (χ2v) is 6.47. The van der Waals surface area contributed by atoms with Crippen LogP contribution in [0.2, 0.25) is 0 Å². The molecule has 0 saturated carbocycles. The molecule has 24 heavy (non-hydrogen) atoms. The largest absolute Gasteiger partial charge is 0.452 e. The summed E-state index contributed by atoms with van der Waals surface area (Å²) in [7, 11) is 0. The Morgan fingerprint density at radius 1 is 1.29 bits per heavy atom. The van der Waals surface area contributed by atoms with E-state index in [-0.39, 0.29) is 24.3 Å². The number of likely N-dealkylation sites (tertiary alicyclic amines) is 1. The molecule has 1 aromatic rings. The summed E-state index contributed by atoms with van der Waals surface area (Å²) in [5.74, 6) is -1.34. The van der Waals surface area contributed by atoms with Crippen LogP contribution in [-0.2, 0) is 19.1 Å². The molecule has 1 fully saturated rings. The smallest absolute Gasteiger partial charge is 0.331 e. The van der Waals surface area contributed by atoms with Gasteiger partial charge in [-0.25, -0.2) is 4.79 Å². The fourth-order valence-electron chi connectivity index (χ4n) is 2.46. The van der Waals surface area contributed by atoms with Gasteiger partial charge in [0.25, 0.3) is 5.91 Å². The van der Waals surface area contributed by atoms with Crippen molar-refractivity contribution in [2.75, 3.05) is 19.7 Å². The highest BCUT2D eigenvalue weighted by Gasteiger charge is 2.26. The van der Waals surface area contributed by atoms with E-state index in [1.165, 1.54) is 6.08 Å². The van der Waals surface area contributed by atoms with Crippen molar-refractivity contribution in [1.82, 2.24) is 4.90 Å². The zero-order valence-corrected chi connectivity index (χ0v) is 14.7. The molecule has 1 aliphatic heterocycles. The van der Waals surface area contributed by atoms with Crippen LogP contribution in [0.3, 0.4) is 0 Å². The van der Waals surface area contributed by atoms with Crippen molar-refractivity contribution in [2.24, 2.45) is 11.7 Å². The molecule has 0 spiro atoms. The number of hydrogen-bond donors (Lipinski definition) is 1. The summed E-state index contributed by atoms with van der Waals surface area (Å²) >= 11 is 3.35. The summed E-state index contributed by atoms with van der Waals surface area (Å²) < 4.78 is 5.87. The van der Waals surface area contributed by atoms with E-state index in [1.807, 2.05) is 24.3 Å². The molecule has 0 bridgehead atoms. The lowest BCUT2D eigenvalue weighted by atomic mass is 9.96. The number of primary amides is 1. The van der Waals surface area contributed by atoms with Gasteiger partial charge in [-0.15, -0.1) is 0 Å². The Bertz CT molecular complexity index is 652. The van der Waals surface area contributed by atoms with Crippen molar-refractivity contribution >= 4 is 39.8 Å². The van der Waals surface area contributed by atoms with Gasteiger partial charge in [0.15, 0.2) is 6.61 Å². The Balaban J connectivity index is 1.75. The Morgan fingerprint density at radius 3 is 2.62 bits per heavy atom. The predicted octanol–water partition coefficient (Wildman–Crippen LogP) is 1.73. The molecule has 0 radical (unpaired) electrons. The van der Waals surface area contributed by atoms with Crippen molar-refractivity contribution in [3.63, 3.8) is 0 Å². The number of carbonyl (C=O) groups excluding carboxylic acids is 3. The fraction of sp³-hybridized carbons (Fsp3) is 0.353. The van der Waals surface area contributed by atoms with Crippen molar-refractivity contribution in [3.05, 3.63) is 40.4 Å². The molecule has 1 heterocycles. The van der Waals surface area contributed by atoms with Gasteiger partial charge in [0.1, 0.15) is 0 Å². The number of esters is 1. The van der Waals surface area contributed by atoms with E-state index in [0.29, 0.717) is 25.9 Å². The molecular weight excluding hydrogens is 376 g/mol. The molecule has 0 atom stereocenters. The lowest BCUT2D eigenvalue weighted by Gasteiger charge is -2.30. The third-order valence-electron chi connectivity index (χ3n) is 3.85. The summed E-state index contributed by atoms with van der Waals surface area (Å²) in [5.41, 5.74) is 6.10. The fourth-order valence-corrected chi connectivity index (χ4v) is 2.88. The minimum Gasteiger partial charge on any atom is -0.452 e. The zero-order valence-electron chi connectivity index (χ0n) is 13.1. The van der Waals surface area contributed by atoms with Gasteiger partial charge >= 0.3 is 5.97 Å². The Labute approximate surface area is 148 Å². The summed E-state index contributed by atoms with van der Waals surface area (Å²) in [6.45, 7) is 0.610. The number of nitrogens with zero attached hydrogens (tertiary/aromatic N) is 1. The van der Waals surface area contributed by atoms with Crippen molar-refractivity contribution in [2.45, 2.75) is 12.8 Å². The first kappa shape index (κ1) is 18.2. The lowest BCUT2D eigenvalue weighted by molar-refractivity contribution is -0.149. The summed E-state index contributed by atoms with van der Waals surface area (Å²) in [5, 5.41) is 0. The third kappa shape index (κ3) is 5.49. The van der Waals surface area contributed by atoms with Gasteiger partial charge in [0.05, 0.1) is 0 Å². The molecule has 1 saturated heterocycles. The first-order valence-electron chi connectivity index (χ1n) is 7.63. The number of amides is 2. The number of ether oxygens (including phenoxy) is 1. The average molecular weight is 395 g/mol. The molecule has 0 aliphatic carbocycles. The van der Waals surface area contributed by atoms with Gasteiger partial charge in [-0.3, -0.25) is 9.59 Å². The maximum absolute atomic E-state index is 12.0. The maximum atomic E-state index is 12.0. The van der Waals surface area contributed by atoms with Crippen LogP contribution in [0, 0.1) is 5.92 Å². The standard InChI is InChI=1S/C17H19BrN2O4/c18-14-3-1-2-12(10-14)4-5-16(22)24-11-15(21)20-8-6-13(7-9-20)17(19)23/h1-5,10,13H,6-9,11H2,(H2,19,23)/b5-4+. The number of nitrogens with two attached hydrogens (primary N) is 1. The third-order valence-corrected chi connectivity index (χ3v) is 4.34. The second-order valence-electron chi connectivity index (χ2n) is 5.55. The van der Waals surface area contributed by atoms with Crippen LogP contribution in [0.15, 0.2) is 34.8 Å². The number of piperidine rings is 1. The summed E-state index contributed by atoms with van der Waals surface area (Å²) in [4.78, 5) is 36.4. The van der Waals surface area contributed by atoms with Crippen LogP contribution in [0.1, 0.15) is 18.4 Å². The molecule has 7 heteroatoms. The first-order valence-corrected chi connectivity index (χ1v) is 8.42. The molecule has 0 aromatic heterocycles. The second kappa shape index (κ2) is 8.63. The Kier molecular flexibility index (Phi) is 6.54. The van der Waals surface area contributed by atoms with Crippen LogP contribution >= 0.6 is 15.9 Å². The van der Waals surface area contributed by atoms with E-state index in [0.717, 1.165) is 10.0 Å². The van der Waals surface area contributed by atoms with Crippen LogP contribution < -0.4 is 5.73 Å². The van der Waals surface area contributed by atoms with Gasteiger partial charge in [-0.05, 0) is 36.6 Å². The number of halogens is 1. The van der Waals surface area contributed by atoms with Crippen molar-refractivity contribution < 1.29 is 19.1 Å². The molecule has 1 aliphatic rings. The number of carbonyl (C=O) groups is 3.